The first-order valence-corrected chi connectivity index (χ1v) is 8.46. The van der Waals surface area contributed by atoms with Gasteiger partial charge in [-0.3, -0.25) is 14.4 Å². The summed E-state index contributed by atoms with van der Waals surface area (Å²) in [6.07, 6.45) is 1.61. The van der Waals surface area contributed by atoms with E-state index in [9.17, 15) is 14.4 Å². The molecule has 6 heteroatoms. The molecule has 0 bridgehead atoms. The van der Waals surface area contributed by atoms with Crippen LogP contribution >= 0.6 is 0 Å². The molecule has 1 aromatic rings. The van der Waals surface area contributed by atoms with E-state index < -0.39 is 0 Å². The highest BCUT2D eigenvalue weighted by Gasteiger charge is 2.47. The van der Waals surface area contributed by atoms with Crippen LogP contribution in [0.4, 0.5) is 5.69 Å². The van der Waals surface area contributed by atoms with Crippen LogP contribution in [0.15, 0.2) is 18.2 Å². The molecule has 6 nitrogen and oxygen atoms in total. The summed E-state index contributed by atoms with van der Waals surface area (Å²) in [6, 6.07) is 5.46. The molecule has 3 rings (SSSR count). The Labute approximate surface area is 141 Å². The minimum atomic E-state index is -0.341. The van der Waals surface area contributed by atoms with Gasteiger partial charge in [0, 0.05) is 18.8 Å². The number of quaternary nitrogens is 1. The van der Waals surface area contributed by atoms with Gasteiger partial charge >= 0.3 is 0 Å². The zero-order valence-electron chi connectivity index (χ0n) is 14.2. The fraction of sp³-hybridized carbons (Fsp3) is 0.500. The first-order chi connectivity index (χ1) is 11.4. The zero-order valence-corrected chi connectivity index (χ0v) is 14.2. The van der Waals surface area contributed by atoms with Crippen molar-refractivity contribution in [1.82, 2.24) is 0 Å². The van der Waals surface area contributed by atoms with Crippen LogP contribution in [0, 0.1) is 19.8 Å². The highest BCUT2D eigenvalue weighted by molar-refractivity contribution is 6.22. The summed E-state index contributed by atoms with van der Waals surface area (Å²) in [5.74, 6) is -0.625. The van der Waals surface area contributed by atoms with Crippen LogP contribution in [0.2, 0.25) is 0 Å². The van der Waals surface area contributed by atoms with Gasteiger partial charge in [-0.2, -0.15) is 0 Å². The molecule has 0 aliphatic carbocycles. The summed E-state index contributed by atoms with van der Waals surface area (Å²) in [5.41, 5.74) is 8.00. The van der Waals surface area contributed by atoms with Gasteiger partial charge in [0.25, 0.3) is 5.91 Å². The summed E-state index contributed by atoms with van der Waals surface area (Å²) in [4.78, 5) is 39.1. The number of anilines is 1. The van der Waals surface area contributed by atoms with Crippen molar-refractivity contribution in [3.8, 4) is 0 Å². The number of primary amides is 1. The first kappa shape index (κ1) is 16.6. The van der Waals surface area contributed by atoms with Gasteiger partial charge in [-0.05, 0) is 31.0 Å². The van der Waals surface area contributed by atoms with E-state index in [1.807, 2.05) is 32.0 Å². The van der Waals surface area contributed by atoms with E-state index in [1.165, 1.54) is 4.90 Å². The second-order valence-electron chi connectivity index (χ2n) is 6.95. The number of likely N-dealkylation sites (tertiary alicyclic amines) is 1. The maximum atomic E-state index is 12.9. The van der Waals surface area contributed by atoms with E-state index >= 15 is 0 Å². The number of aryl methyl sites for hydroxylation is 2. The third-order valence-corrected chi connectivity index (χ3v) is 5.28. The summed E-state index contributed by atoms with van der Waals surface area (Å²) in [7, 11) is 0. The second kappa shape index (κ2) is 6.36. The molecule has 1 atom stereocenters. The molecule has 1 aromatic carbocycles. The molecule has 2 saturated heterocycles. The summed E-state index contributed by atoms with van der Waals surface area (Å²) in [5, 5.41) is 0. The van der Waals surface area contributed by atoms with Gasteiger partial charge in [0.2, 0.25) is 11.8 Å². The molecule has 3 N–H and O–H groups in total. The van der Waals surface area contributed by atoms with Gasteiger partial charge in [0.1, 0.15) is 0 Å². The Hall–Kier alpha value is -2.21. The van der Waals surface area contributed by atoms with Crippen molar-refractivity contribution in [2.24, 2.45) is 11.7 Å². The predicted octanol–water partition coefficient (Wildman–Crippen LogP) is -0.284. The van der Waals surface area contributed by atoms with Crippen LogP contribution in [0.3, 0.4) is 0 Å². The minimum absolute atomic E-state index is 0.101. The highest BCUT2D eigenvalue weighted by atomic mass is 16.2. The van der Waals surface area contributed by atoms with E-state index in [1.54, 1.807) is 0 Å². The maximum Gasteiger partial charge on any atom is 0.292 e. The number of nitrogens with two attached hydrogens (primary N) is 1. The molecule has 2 aliphatic heterocycles. The number of rotatable bonds is 3. The largest absolute Gasteiger partial charge is 0.369 e. The molecule has 0 saturated carbocycles. The fourth-order valence-corrected chi connectivity index (χ4v) is 3.79. The lowest BCUT2D eigenvalue weighted by molar-refractivity contribution is -0.920. The average Bonchev–Trinajstić information content (AvgIpc) is 2.84. The third kappa shape index (κ3) is 2.94. The molecular formula is C18H24N3O3+. The van der Waals surface area contributed by atoms with Gasteiger partial charge in [-0.1, -0.05) is 12.1 Å². The smallest absolute Gasteiger partial charge is 0.292 e. The number of amides is 3. The number of benzene rings is 1. The Balaban J connectivity index is 1.78. The summed E-state index contributed by atoms with van der Waals surface area (Å²) < 4.78 is 0. The van der Waals surface area contributed by atoms with E-state index in [0.717, 1.165) is 16.0 Å². The summed E-state index contributed by atoms with van der Waals surface area (Å²) in [6.45, 7) is 5.27. The first-order valence-electron chi connectivity index (χ1n) is 8.46. The van der Waals surface area contributed by atoms with Crippen molar-refractivity contribution in [2.75, 3.05) is 18.0 Å². The van der Waals surface area contributed by atoms with Crippen molar-refractivity contribution in [3.63, 3.8) is 0 Å². The lowest BCUT2D eigenvalue weighted by Crippen LogP contribution is -3.17. The fourth-order valence-electron chi connectivity index (χ4n) is 3.79. The van der Waals surface area contributed by atoms with Crippen molar-refractivity contribution >= 4 is 23.4 Å². The SMILES string of the molecule is Cc1ccc(C)c(N2C(=O)C[C@@H]([NH+]3CCC(C(N)=O)CC3)C2=O)c1. The Morgan fingerprint density at radius 3 is 2.50 bits per heavy atom. The number of nitrogens with one attached hydrogen (secondary N) is 1. The quantitative estimate of drug-likeness (QED) is 0.747. The van der Waals surface area contributed by atoms with Crippen molar-refractivity contribution in [3.05, 3.63) is 29.3 Å². The van der Waals surface area contributed by atoms with E-state index in [0.29, 0.717) is 31.6 Å². The zero-order chi connectivity index (χ0) is 17.4. The molecule has 0 aromatic heterocycles. The van der Waals surface area contributed by atoms with Crippen molar-refractivity contribution < 1.29 is 19.3 Å². The molecule has 2 heterocycles. The highest BCUT2D eigenvalue weighted by Crippen LogP contribution is 2.27. The standard InChI is InChI=1S/C18H23N3O3/c1-11-3-4-12(2)14(9-11)21-16(22)10-15(18(21)24)20-7-5-13(6-8-20)17(19)23/h3-4,9,13,15H,5-8,10H2,1-2H3,(H2,19,23)/p+1/t15-/m1/s1. The van der Waals surface area contributed by atoms with Crippen LogP contribution in [-0.4, -0.2) is 36.9 Å². The Kier molecular flexibility index (Phi) is 4.41. The topological polar surface area (TPSA) is 84.9 Å². The Bertz CT molecular complexity index is 693. The van der Waals surface area contributed by atoms with Crippen LogP contribution in [-0.2, 0) is 14.4 Å². The number of carbonyl (C=O) groups is 3. The number of imide groups is 1. The molecule has 0 unspecified atom stereocenters. The van der Waals surface area contributed by atoms with Crippen molar-refractivity contribution in [1.29, 1.82) is 0 Å². The van der Waals surface area contributed by atoms with E-state index in [4.69, 9.17) is 5.73 Å². The lowest BCUT2D eigenvalue weighted by Gasteiger charge is -2.30. The second-order valence-corrected chi connectivity index (χ2v) is 6.95. The monoisotopic (exact) mass is 330 g/mol. The minimum Gasteiger partial charge on any atom is -0.369 e. The van der Waals surface area contributed by atoms with Crippen LogP contribution in [0.5, 0.6) is 0 Å². The predicted molar refractivity (Wildman–Crippen MR) is 89.4 cm³/mol. The van der Waals surface area contributed by atoms with Gasteiger partial charge in [0.15, 0.2) is 6.04 Å². The Morgan fingerprint density at radius 1 is 1.21 bits per heavy atom. The molecule has 3 amide bonds. The molecule has 128 valence electrons. The normalized spacial score (nSPS) is 27.6. The van der Waals surface area contributed by atoms with E-state index in [2.05, 4.69) is 0 Å². The molecule has 24 heavy (non-hydrogen) atoms. The van der Waals surface area contributed by atoms with Gasteiger partial charge < -0.3 is 10.6 Å². The third-order valence-electron chi connectivity index (χ3n) is 5.28. The number of piperidine rings is 1. The number of hydrogen-bond donors (Lipinski definition) is 2. The molecule has 2 aliphatic rings. The molecule has 2 fully saturated rings. The van der Waals surface area contributed by atoms with Crippen LogP contribution in [0.1, 0.15) is 30.4 Å². The molecule has 0 spiro atoms. The van der Waals surface area contributed by atoms with Crippen LogP contribution < -0.4 is 15.5 Å². The van der Waals surface area contributed by atoms with Crippen molar-refractivity contribution in [2.45, 2.75) is 39.2 Å². The number of nitrogens with zero attached hydrogens (tertiary/aromatic N) is 1. The van der Waals surface area contributed by atoms with Crippen LogP contribution in [0.25, 0.3) is 0 Å². The number of hydrogen-bond acceptors (Lipinski definition) is 3. The maximum absolute atomic E-state index is 12.9. The average molecular weight is 330 g/mol. The number of carbonyl (C=O) groups excluding carboxylic acids is 3. The Morgan fingerprint density at radius 2 is 1.88 bits per heavy atom. The summed E-state index contributed by atoms with van der Waals surface area (Å²) >= 11 is 0. The molecular weight excluding hydrogens is 306 g/mol. The van der Waals surface area contributed by atoms with Gasteiger partial charge in [-0.15, -0.1) is 0 Å². The van der Waals surface area contributed by atoms with Gasteiger partial charge in [-0.25, -0.2) is 4.90 Å². The van der Waals surface area contributed by atoms with E-state index in [-0.39, 0.29) is 36.1 Å². The molecule has 0 radical (unpaired) electrons. The van der Waals surface area contributed by atoms with Gasteiger partial charge in [0.05, 0.1) is 25.2 Å². The lowest BCUT2D eigenvalue weighted by atomic mass is 9.95.